The maximum absolute atomic E-state index is 10.8. The van der Waals surface area contributed by atoms with Crippen molar-refractivity contribution in [3.8, 4) is 23.0 Å². The second-order valence-corrected chi connectivity index (χ2v) is 4.39. The number of anilines is 1. The maximum atomic E-state index is 10.8. The lowest BCUT2D eigenvalue weighted by molar-refractivity contribution is -0.384. The van der Waals surface area contributed by atoms with Gasteiger partial charge in [0.05, 0.1) is 4.92 Å². The van der Waals surface area contributed by atoms with E-state index in [0.717, 1.165) is 5.56 Å². The number of aromatic amines is 1. The number of H-pyrrole nitrogens is 1. The summed E-state index contributed by atoms with van der Waals surface area (Å²) in [6, 6.07) is 6.02. The second kappa shape index (κ2) is 4.71. The van der Waals surface area contributed by atoms with E-state index in [-0.39, 0.29) is 17.4 Å². The van der Waals surface area contributed by atoms with Gasteiger partial charge >= 0.3 is 0 Å². The van der Waals surface area contributed by atoms with Crippen LogP contribution in [0.5, 0.6) is 0 Å². The minimum Gasteiger partial charge on any atom is -0.382 e. The van der Waals surface area contributed by atoms with Gasteiger partial charge in [0, 0.05) is 23.8 Å². The molecule has 0 aliphatic heterocycles. The van der Waals surface area contributed by atoms with Crippen LogP contribution in [0.4, 0.5) is 11.5 Å². The van der Waals surface area contributed by atoms with Crippen LogP contribution in [0.2, 0.25) is 0 Å². The number of nitrogen functional groups attached to an aromatic ring is 1. The summed E-state index contributed by atoms with van der Waals surface area (Å²) in [6.45, 7) is 1.81. The third-order valence-corrected chi connectivity index (χ3v) is 2.93. The van der Waals surface area contributed by atoms with Gasteiger partial charge in [-0.3, -0.25) is 15.2 Å². The Morgan fingerprint density at radius 3 is 2.86 bits per heavy atom. The number of nitro benzene ring substituents is 1. The fourth-order valence-electron chi connectivity index (χ4n) is 1.85. The number of nitro groups is 1. The molecule has 2 heterocycles. The summed E-state index contributed by atoms with van der Waals surface area (Å²) in [5.41, 5.74) is 7.29. The van der Waals surface area contributed by atoms with Crippen LogP contribution in [0.15, 0.2) is 28.8 Å². The summed E-state index contributed by atoms with van der Waals surface area (Å²) < 4.78 is 5.12. The Balaban J connectivity index is 2.03. The molecule has 9 heteroatoms. The van der Waals surface area contributed by atoms with Gasteiger partial charge in [-0.05, 0) is 12.5 Å². The summed E-state index contributed by atoms with van der Waals surface area (Å²) in [6.07, 6.45) is 0. The highest BCUT2D eigenvalue weighted by atomic mass is 16.6. The van der Waals surface area contributed by atoms with Crippen LogP contribution in [0.3, 0.4) is 0 Å². The third-order valence-electron chi connectivity index (χ3n) is 2.93. The molecule has 0 radical (unpaired) electrons. The molecule has 0 spiro atoms. The Kier molecular flexibility index (Phi) is 2.87. The molecule has 0 saturated heterocycles. The van der Waals surface area contributed by atoms with Crippen molar-refractivity contribution in [1.82, 2.24) is 20.3 Å². The number of non-ortho nitro benzene ring substituents is 1. The minimum absolute atomic E-state index is 0.0345. The molecule has 3 rings (SSSR count). The Bertz CT molecular complexity index is 822. The van der Waals surface area contributed by atoms with Gasteiger partial charge in [0.2, 0.25) is 5.82 Å². The topological polar surface area (TPSA) is 137 Å². The van der Waals surface area contributed by atoms with Crippen molar-refractivity contribution in [3.05, 3.63) is 39.9 Å². The quantitative estimate of drug-likeness (QED) is 0.554. The van der Waals surface area contributed by atoms with Crippen molar-refractivity contribution < 1.29 is 9.45 Å². The number of hydrogen-bond acceptors (Lipinski definition) is 7. The lowest BCUT2D eigenvalue weighted by Gasteiger charge is -1.99. The van der Waals surface area contributed by atoms with Gasteiger partial charge in [-0.1, -0.05) is 11.2 Å². The first-order chi connectivity index (χ1) is 10.0. The van der Waals surface area contributed by atoms with Gasteiger partial charge in [0.25, 0.3) is 11.6 Å². The molecule has 1 aromatic carbocycles. The number of hydrogen-bond donors (Lipinski definition) is 2. The number of rotatable bonds is 3. The van der Waals surface area contributed by atoms with Crippen molar-refractivity contribution in [1.29, 1.82) is 0 Å². The van der Waals surface area contributed by atoms with Crippen molar-refractivity contribution >= 4 is 11.5 Å². The van der Waals surface area contributed by atoms with Crippen LogP contribution in [-0.2, 0) is 0 Å². The van der Waals surface area contributed by atoms with Gasteiger partial charge in [-0.25, -0.2) is 0 Å². The Morgan fingerprint density at radius 1 is 1.38 bits per heavy atom. The van der Waals surface area contributed by atoms with Crippen LogP contribution < -0.4 is 5.73 Å². The van der Waals surface area contributed by atoms with Crippen LogP contribution >= 0.6 is 0 Å². The minimum atomic E-state index is -0.473. The van der Waals surface area contributed by atoms with Gasteiger partial charge in [-0.2, -0.15) is 10.1 Å². The molecule has 0 fully saturated rings. The smallest absolute Gasteiger partial charge is 0.276 e. The fraction of sp³-hybridized carbons (Fsp3) is 0.0833. The van der Waals surface area contributed by atoms with E-state index in [4.69, 9.17) is 10.3 Å². The fourth-order valence-corrected chi connectivity index (χ4v) is 1.85. The molecule has 0 saturated carbocycles. The van der Waals surface area contributed by atoms with E-state index in [9.17, 15) is 10.1 Å². The first-order valence-corrected chi connectivity index (χ1v) is 5.95. The molecule has 9 nitrogen and oxygen atoms in total. The number of benzene rings is 1. The number of aryl methyl sites for hydroxylation is 1. The summed E-state index contributed by atoms with van der Waals surface area (Å²) >= 11 is 0. The zero-order chi connectivity index (χ0) is 15.0. The Hall–Kier alpha value is -3.23. The zero-order valence-corrected chi connectivity index (χ0v) is 10.9. The molecule has 2 aromatic heterocycles. The van der Waals surface area contributed by atoms with Gasteiger partial charge in [0.1, 0.15) is 11.5 Å². The summed E-state index contributed by atoms with van der Waals surface area (Å²) in [5, 5.41) is 21.1. The lowest BCUT2D eigenvalue weighted by Crippen LogP contribution is -1.91. The molecule has 0 unspecified atom stereocenters. The number of nitrogens with two attached hydrogens (primary N) is 1. The predicted molar refractivity (Wildman–Crippen MR) is 73.1 cm³/mol. The van der Waals surface area contributed by atoms with Gasteiger partial charge in [-0.15, -0.1) is 0 Å². The van der Waals surface area contributed by atoms with E-state index in [1.54, 1.807) is 12.1 Å². The molecule has 3 aromatic rings. The van der Waals surface area contributed by atoms with Crippen molar-refractivity contribution in [2.45, 2.75) is 6.92 Å². The molecule has 21 heavy (non-hydrogen) atoms. The van der Waals surface area contributed by atoms with E-state index >= 15 is 0 Å². The number of aromatic nitrogens is 4. The van der Waals surface area contributed by atoms with E-state index < -0.39 is 4.92 Å². The van der Waals surface area contributed by atoms with Crippen LogP contribution in [0.25, 0.3) is 23.0 Å². The summed E-state index contributed by atoms with van der Waals surface area (Å²) in [7, 11) is 0. The molecular formula is C12H10N6O3. The van der Waals surface area contributed by atoms with Crippen LogP contribution in [-0.4, -0.2) is 25.3 Å². The molecule has 0 amide bonds. The largest absolute Gasteiger partial charge is 0.382 e. The number of nitrogens with zero attached hydrogens (tertiary/aromatic N) is 4. The second-order valence-electron chi connectivity index (χ2n) is 4.39. The van der Waals surface area contributed by atoms with E-state index in [0.29, 0.717) is 17.1 Å². The first-order valence-electron chi connectivity index (χ1n) is 5.95. The van der Waals surface area contributed by atoms with Crippen molar-refractivity contribution in [2.75, 3.05) is 5.73 Å². The standard InChI is InChI=1S/C12H10N6O3/c1-6-2-3-7(18(19)20)4-8(6)11-14-12(21-17-11)9-5-10(13)16-15-9/h2-5H,1H3,(H3,13,15,16). The van der Waals surface area contributed by atoms with Crippen LogP contribution in [0.1, 0.15) is 5.56 Å². The van der Waals surface area contributed by atoms with Crippen LogP contribution in [0, 0.1) is 17.0 Å². The van der Waals surface area contributed by atoms with E-state index in [2.05, 4.69) is 20.3 Å². The molecule has 0 atom stereocenters. The molecule has 106 valence electrons. The monoisotopic (exact) mass is 286 g/mol. The van der Waals surface area contributed by atoms with Crippen molar-refractivity contribution in [2.24, 2.45) is 0 Å². The van der Waals surface area contributed by atoms with Crippen molar-refractivity contribution in [3.63, 3.8) is 0 Å². The third kappa shape index (κ3) is 2.31. The van der Waals surface area contributed by atoms with E-state index in [1.165, 1.54) is 12.1 Å². The number of nitrogens with one attached hydrogen (secondary N) is 1. The van der Waals surface area contributed by atoms with Gasteiger partial charge < -0.3 is 10.3 Å². The van der Waals surface area contributed by atoms with E-state index in [1.807, 2.05) is 6.92 Å². The highest BCUT2D eigenvalue weighted by molar-refractivity contribution is 5.65. The molecular weight excluding hydrogens is 276 g/mol. The highest BCUT2D eigenvalue weighted by Crippen LogP contribution is 2.27. The Morgan fingerprint density at radius 2 is 2.19 bits per heavy atom. The maximum Gasteiger partial charge on any atom is 0.276 e. The zero-order valence-electron chi connectivity index (χ0n) is 10.9. The molecule has 0 bridgehead atoms. The highest BCUT2D eigenvalue weighted by Gasteiger charge is 2.17. The first kappa shape index (κ1) is 12.8. The summed E-state index contributed by atoms with van der Waals surface area (Å²) in [4.78, 5) is 14.6. The molecule has 3 N–H and O–H groups in total. The average molecular weight is 286 g/mol. The molecule has 0 aliphatic rings. The lowest BCUT2D eigenvalue weighted by atomic mass is 10.1. The van der Waals surface area contributed by atoms with Gasteiger partial charge in [0.15, 0.2) is 0 Å². The SMILES string of the molecule is Cc1ccc([N+](=O)[O-])cc1-c1noc(-c2cc(N)n[nH]2)n1. The average Bonchev–Trinajstić information content (AvgIpc) is 3.07. The molecule has 0 aliphatic carbocycles. The predicted octanol–water partition coefficient (Wildman–Crippen LogP) is 1.93. The normalized spacial score (nSPS) is 10.7. The Labute approximate surface area is 117 Å². The summed E-state index contributed by atoms with van der Waals surface area (Å²) in [5.74, 6) is 0.774.